The van der Waals surface area contributed by atoms with Crippen LogP contribution >= 0.6 is 11.8 Å². The lowest BCUT2D eigenvalue weighted by atomic mass is 9.89. The lowest BCUT2D eigenvalue weighted by Crippen LogP contribution is -2.24. The van der Waals surface area contributed by atoms with E-state index in [0.717, 1.165) is 22.0 Å². The van der Waals surface area contributed by atoms with Gasteiger partial charge in [0.15, 0.2) is 0 Å². The van der Waals surface area contributed by atoms with Gasteiger partial charge in [-0.25, -0.2) is 0 Å². The summed E-state index contributed by atoms with van der Waals surface area (Å²) in [5, 5.41) is 2.10. The van der Waals surface area contributed by atoms with Gasteiger partial charge in [0, 0.05) is 11.1 Å². The molecule has 0 bridgehead atoms. The number of nitrogens with zero attached hydrogens (tertiary/aromatic N) is 2. The van der Waals surface area contributed by atoms with Crippen LogP contribution in [-0.2, 0) is 9.53 Å². The Hall–Kier alpha value is -1.95. The second kappa shape index (κ2) is 6.99. The van der Waals surface area contributed by atoms with Gasteiger partial charge in [0.1, 0.15) is 11.1 Å². The van der Waals surface area contributed by atoms with E-state index < -0.39 is 0 Å². The maximum atomic E-state index is 10.6. The number of benzene rings is 1. The molecule has 0 saturated heterocycles. The fourth-order valence-corrected chi connectivity index (χ4v) is 5.52. The van der Waals surface area contributed by atoms with Gasteiger partial charge in [0.05, 0.1) is 17.3 Å². The summed E-state index contributed by atoms with van der Waals surface area (Å²) in [6, 6.07) is 8.61. The van der Waals surface area contributed by atoms with E-state index in [2.05, 4.69) is 31.2 Å². The summed E-state index contributed by atoms with van der Waals surface area (Å²) in [6.07, 6.45) is 3.60. The van der Waals surface area contributed by atoms with Crippen molar-refractivity contribution in [1.82, 2.24) is 4.68 Å². The van der Waals surface area contributed by atoms with Gasteiger partial charge < -0.3 is 10.6 Å². The molecule has 0 amide bonds. The molecule has 6 heteroatoms. The lowest BCUT2D eigenvalue weighted by Gasteiger charge is -2.18. The summed E-state index contributed by atoms with van der Waals surface area (Å²) in [5.74, 6) is 8.63. The zero-order chi connectivity index (χ0) is 18.3. The fourth-order valence-electron chi connectivity index (χ4n) is 4.33. The highest BCUT2D eigenvalue weighted by Crippen LogP contribution is 2.42. The van der Waals surface area contributed by atoms with E-state index in [9.17, 15) is 4.79 Å². The number of para-hydroxylation sites is 1. The Morgan fingerprint density at radius 2 is 2.27 bits per heavy atom. The zero-order valence-corrected chi connectivity index (χ0v) is 16.0. The molecule has 1 aliphatic heterocycles. The summed E-state index contributed by atoms with van der Waals surface area (Å²) in [6.45, 7) is 4.72. The Balaban J connectivity index is 1.73. The van der Waals surface area contributed by atoms with Crippen LogP contribution in [0.5, 0.6) is 0 Å². The normalized spacial score (nSPS) is 26.8. The van der Waals surface area contributed by atoms with Crippen molar-refractivity contribution in [2.24, 2.45) is 10.9 Å². The molecule has 138 valence electrons. The molecule has 4 atom stereocenters. The van der Waals surface area contributed by atoms with Gasteiger partial charge in [-0.3, -0.25) is 14.5 Å². The topological polar surface area (TPSA) is 69.6 Å². The molecule has 26 heavy (non-hydrogen) atoms. The molecule has 1 aromatic heterocycles. The van der Waals surface area contributed by atoms with Crippen molar-refractivity contribution in [3.63, 3.8) is 0 Å². The molecule has 4 rings (SSSR count). The number of fused-ring (bicyclic) bond motifs is 1. The first-order chi connectivity index (χ1) is 12.6. The van der Waals surface area contributed by atoms with E-state index >= 15 is 0 Å². The highest BCUT2D eigenvalue weighted by atomic mass is 32.2. The van der Waals surface area contributed by atoms with E-state index in [1.165, 1.54) is 30.2 Å². The quantitative estimate of drug-likeness (QED) is 0.643. The zero-order valence-electron chi connectivity index (χ0n) is 15.2. The third-order valence-electron chi connectivity index (χ3n) is 5.86. The van der Waals surface area contributed by atoms with Crippen LogP contribution in [0.4, 0.5) is 0 Å². The number of rotatable bonds is 5. The second-order valence-corrected chi connectivity index (χ2v) is 8.46. The predicted octanol–water partition coefficient (Wildman–Crippen LogP) is 3.68. The van der Waals surface area contributed by atoms with Gasteiger partial charge in [-0.05, 0) is 36.8 Å². The lowest BCUT2D eigenvalue weighted by molar-refractivity contribution is -0.133. The van der Waals surface area contributed by atoms with Gasteiger partial charge in [0.25, 0.3) is 6.47 Å². The minimum atomic E-state index is -0.219. The molecule has 2 N–H and O–H groups in total. The third kappa shape index (κ3) is 2.90. The molecule has 0 radical (unpaired) electrons. The Morgan fingerprint density at radius 3 is 3.00 bits per heavy atom. The van der Waals surface area contributed by atoms with E-state index in [1.54, 1.807) is 11.8 Å². The molecule has 1 fully saturated rings. The summed E-state index contributed by atoms with van der Waals surface area (Å²) in [7, 11) is 0. The highest BCUT2D eigenvalue weighted by Gasteiger charge is 2.30. The average molecular weight is 372 g/mol. The van der Waals surface area contributed by atoms with Crippen LogP contribution < -0.4 is 5.84 Å². The Morgan fingerprint density at radius 1 is 1.42 bits per heavy atom. The van der Waals surface area contributed by atoms with Crippen LogP contribution in [0, 0.1) is 5.92 Å². The van der Waals surface area contributed by atoms with Crippen molar-refractivity contribution in [3.05, 3.63) is 35.5 Å². The second-order valence-electron chi connectivity index (χ2n) is 7.45. The number of nitrogens with two attached hydrogens (primary N) is 1. The molecule has 5 nitrogen and oxygen atoms in total. The molecule has 1 saturated carbocycles. The fraction of sp³-hybridized carbons (Fsp3) is 0.500. The van der Waals surface area contributed by atoms with Crippen molar-refractivity contribution in [1.29, 1.82) is 0 Å². The number of carbonyl (C=O) groups is 1. The van der Waals surface area contributed by atoms with Gasteiger partial charge in [-0.2, -0.15) is 0 Å². The smallest absolute Gasteiger partial charge is 0.293 e. The van der Waals surface area contributed by atoms with Gasteiger partial charge >= 0.3 is 0 Å². The number of thioether (sulfide) groups is 1. The van der Waals surface area contributed by atoms with Crippen LogP contribution in [0.2, 0.25) is 0 Å². The Labute approximate surface area is 158 Å². The standard InChI is InChI=1S/C20H25N3O2S/c1-12-5-3-7-15(12)16-8-4-6-14-9-18(23(21)19(14)16)20-22-17(10-26-20)13(2)25-11-24/h4,6,8-9,11-13,15,17H,3,5,7,10,21H2,1-2H3. The molecular weight excluding hydrogens is 346 g/mol. The predicted molar refractivity (Wildman–Crippen MR) is 107 cm³/mol. The highest BCUT2D eigenvalue weighted by molar-refractivity contribution is 8.14. The summed E-state index contributed by atoms with van der Waals surface area (Å²) in [5.41, 5.74) is 3.44. The van der Waals surface area contributed by atoms with Crippen molar-refractivity contribution in [2.45, 2.75) is 51.2 Å². The van der Waals surface area contributed by atoms with E-state index in [-0.39, 0.29) is 12.1 Å². The number of carbonyl (C=O) groups excluding carboxylic acids is 1. The average Bonchev–Trinajstić information content (AvgIpc) is 3.34. The maximum absolute atomic E-state index is 10.6. The number of hydrogen-bond acceptors (Lipinski definition) is 5. The van der Waals surface area contributed by atoms with Crippen molar-refractivity contribution < 1.29 is 9.53 Å². The molecule has 4 unspecified atom stereocenters. The Bertz CT molecular complexity index is 860. The molecule has 0 spiro atoms. The summed E-state index contributed by atoms with van der Waals surface area (Å²) in [4.78, 5) is 15.4. The first-order valence-corrected chi connectivity index (χ1v) is 10.3. The SMILES string of the molecule is CC1CCCC1c1cccc2cc(C3=NC(C(C)OC=O)CS3)n(N)c12. The molecule has 2 aromatic rings. The minimum absolute atomic E-state index is 0.0208. The molecule has 2 heterocycles. The summed E-state index contributed by atoms with van der Waals surface area (Å²) < 4.78 is 6.87. The van der Waals surface area contributed by atoms with Crippen LogP contribution in [-0.4, -0.2) is 34.1 Å². The molecule has 2 aliphatic rings. The van der Waals surface area contributed by atoms with Gasteiger partial charge in [-0.15, -0.1) is 11.8 Å². The Kier molecular flexibility index (Phi) is 4.69. The minimum Gasteiger partial charge on any atom is -0.463 e. The monoisotopic (exact) mass is 371 g/mol. The van der Waals surface area contributed by atoms with Gasteiger partial charge in [-0.1, -0.05) is 38.0 Å². The van der Waals surface area contributed by atoms with Crippen molar-refractivity contribution in [3.8, 4) is 0 Å². The number of aliphatic imine (C=N–C) groups is 1. The molecule has 1 aromatic carbocycles. The number of aromatic nitrogens is 1. The summed E-state index contributed by atoms with van der Waals surface area (Å²) >= 11 is 1.68. The molecular formula is C20H25N3O2S. The van der Waals surface area contributed by atoms with E-state index in [1.807, 2.05) is 11.6 Å². The van der Waals surface area contributed by atoms with Crippen LogP contribution in [0.3, 0.4) is 0 Å². The van der Waals surface area contributed by atoms with Crippen LogP contribution in [0.15, 0.2) is 29.3 Å². The molecule has 1 aliphatic carbocycles. The van der Waals surface area contributed by atoms with E-state index in [4.69, 9.17) is 15.6 Å². The van der Waals surface area contributed by atoms with E-state index in [0.29, 0.717) is 18.3 Å². The first-order valence-electron chi connectivity index (χ1n) is 9.29. The van der Waals surface area contributed by atoms with Crippen molar-refractivity contribution >= 4 is 34.2 Å². The van der Waals surface area contributed by atoms with Gasteiger partial charge in [0.2, 0.25) is 0 Å². The van der Waals surface area contributed by atoms with Crippen molar-refractivity contribution in [2.75, 3.05) is 11.6 Å². The van der Waals surface area contributed by atoms with Crippen LogP contribution in [0.25, 0.3) is 10.9 Å². The largest absolute Gasteiger partial charge is 0.463 e. The third-order valence-corrected chi connectivity index (χ3v) is 6.95. The number of nitrogen functional groups attached to an aromatic ring is 1. The maximum Gasteiger partial charge on any atom is 0.293 e. The first kappa shape index (κ1) is 17.5. The number of ether oxygens (including phenoxy) is 1. The number of hydrogen-bond donors (Lipinski definition) is 1. The van der Waals surface area contributed by atoms with Crippen LogP contribution in [0.1, 0.15) is 50.3 Å².